The van der Waals surface area contributed by atoms with Gasteiger partial charge >= 0.3 is 9.28 Å². The van der Waals surface area contributed by atoms with Gasteiger partial charge in [-0.15, -0.1) is 0 Å². The van der Waals surface area contributed by atoms with Crippen LogP contribution < -0.4 is 0 Å². The molecule has 1 unspecified atom stereocenters. The fraction of sp³-hybridized carbons (Fsp3) is 0.952. The molecule has 27 heavy (non-hydrogen) atoms. The van der Waals surface area contributed by atoms with Crippen LogP contribution in [0.25, 0.3) is 0 Å². The first-order valence-corrected chi connectivity index (χ1v) is 14.3. The monoisotopic (exact) mass is 417 g/mol. The van der Waals surface area contributed by atoms with E-state index >= 15 is 0 Å². The molecule has 0 N–H and O–H groups in total. The molecule has 0 rings (SSSR count). The molecule has 0 aromatic rings. The first kappa shape index (κ1) is 26.8. The van der Waals surface area contributed by atoms with Crippen LogP contribution in [0.5, 0.6) is 0 Å². The molecule has 0 aliphatic heterocycles. The topological polar surface area (TPSA) is 44.8 Å². The van der Waals surface area contributed by atoms with Crippen molar-refractivity contribution in [2.24, 2.45) is 11.8 Å². The summed E-state index contributed by atoms with van der Waals surface area (Å²) in [4.78, 5) is 13.6. The van der Waals surface area contributed by atoms with Crippen molar-refractivity contribution in [3.05, 3.63) is 0 Å². The van der Waals surface area contributed by atoms with E-state index in [2.05, 4.69) is 48.5 Å². The highest BCUT2D eigenvalue weighted by molar-refractivity contribution is 6.78. The van der Waals surface area contributed by atoms with Crippen LogP contribution in [0, 0.1) is 11.8 Å². The lowest BCUT2D eigenvalue weighted by Crippen LogP contribution is -2.54. The Kier molecular flexibility index (Phi) is 11.1. The summed E-state index contributed by atoms with van der Waals surface area (Å²) in [5.41, 5.74) is 0. The lowest BCUT2D eigenvalue weighted by molar-refractivity contribution is -0.140. The molecule has 0 saturated carbocycles. The van der Waals surface area contributed by atoms with Crippen LogP contribution in [0.1, 0.15) is 82.6 Å². The van der Waals surface area contributed by atoms with Gasteiger partial charge in [-0.1, -0.05) is 55.4 Å². The van der Waals surface area contributed by atoms with Gasteiger partial charge in [0.15, 0.2) is 0 Å². The second kappa shape index (κ2) is 11.1. The van der Waals surface area contributed by atoms with E-state index in [1.807, 2.05) is 27.7 Å². The average molecular weight is 418 g/mol. The number of rotatable bonds is 12. The smallest absolute Gasteiger partial charge is 0.402 e. The van der Waals surface area contributed by atoms with Crippen LogP contribution in [0.15, 0.2) is 0 Å². The van der Waals surface area contributed by atoms with E-state index in [1.165, 1.54) is 0 Å². The van der Waals surface area contributed by atoms with Crippen LogP contribution in [-0.4, -0.2) is 36.8 Å². The predicted molar refractivity (Wildman–Crippen MR) is 119 cm³/mol. The molecular weight excluding hydrogens is 372 g/mol. The van der Waals surface area contributed by atoms with E-state index in [9.17, 15) is 4.79 Å². The molecule has 0 aromatic carbocycles. The van der Waals surface area contributed by atoms with Crippen LogP contribution in [0.4, 0.5) is 0 Å². The Hall–Kier alpha value is -0.176. The molecule has 4 nitrogen and oxygen atoms in total. The van der Waals surface area contributed by atoms with Crippen molar-refractivity contribution in [2.45, 2.75) is 105 Å². The summed E-state index contributed by atoms with van der Waals surface area (Å²) in [6, 6.07) is 1.98. The number of carbonyl (C=O) groups excluding carboxylic acids is 1. The Morgan fingerprint density at radius 3 is 1.56 bits per heavy atom. The summed E-state index contributed by atoms with van der Waals surface area (Å²) in [5, 5.41) is -0.718. The Morgan fingerprint density at radius 2 is 1.30 bits per heavy atom. The van der Waals surface area contributed by atoms with Gasteiger partial charge in [0, 0.05) is 13.2 Å². The standard InChI is InChI=1S/C21H45O4Si2/c1-12-21(11,26(23-13-2)24-14-3)19(22)25-27(15-17(4)5,16-18(6)7)20(8,9)10/h17-18H,12-16H2,1-11H3. The zero-order valence-corrected chi connectivity index (χ0v) is 21.8. The molecule has 1 radical (unpaired) electrons. The van der Waals surface area contributed by atoms with Gasteiger partial charge in [-0.05, 0) is 56.2 Å². The van der Waals surface area contributed by atoms with E-state index in [4.69, 9.17) is 13.3 Å². The van der Waals surface area contributed by atoms with E-state index in [-0.39, 0.29) is 11.0 Å². The van der Waals surface area contributed by atoms with Gasteiger partial charge < -0.3 is 13.3 Å². The third kappa shape index (κ3) is 7.29. The number of carbonyl (C=O) groups is 1. The molecule has 0 aliphatic rings. The van der Waals surface area contributed by atoms with Gasteiger partial charge in [0.1, 0.15) is 5.04 Å². The Labute approximate surface area is 171 Å². The zero-order chi connectivity index (χ0) is 21.5. The van der Waals surface area contributed by atoms with Gasteiger partial charge in [0.05, 0.1) is 0 Å². The summed E-state index contributed by atoms with van der Waals surface area (Å²) in [6.45, 7) is 24.7. The highest BCUT2D eigenvalue weighted by Crippen LogP contribution is 2.48. The molecule has 0 aromatic heterocycles. The minimum Gasteiger partial charge on any atom is -0.518 e. The maximum atomic E-state index is 13.6. The second-order valence-electron chi connectivity index (χ2n) is 9.67. The lowest BCUT2D eigenvalue weighted by Gasteiger charge is -2.46. The molecule has 0 saturated heterocycles. The van der Waals surface area contributed by atoms with E-state index < -0.39 is 22.6 Å². The Balaban J connectivity index is 6.00. The third-order valence-electron chi connectivity index (χ3n) is 5.29. The normalized spacial score (nSPS) is 15.5. The first-order valence-electron chi connectivity index (χ1n) is 10.7. The molecule has 0 aliphatic carbocycles. The van der Waals surface area contributed by atoms with Crippen LogP contribution in [-0.2, 0) is 18.1 Å². The average Bonchev–Trinajstić information content (AvgIpc) is 2.51. The van der Waals surface area contributed by atoms with Crippen LogP contribution >= 0.6 is 0 Å². The van der Waals surface area contributed by atoms with Gasteiger partial charge in [0.2, 0.25) is 0 Å². The quantitative estimate of drug-likeness (QED) is 0.349. The van der Waals surface area contributed by atoms with E-state index in [0.717, 1.165) is 12.1 Å². The summed E-state index contributed by atoms with van der Waals surface area (Å²) < 4.78 is 18.5. The summed E-state index contributed by atoms with van der Waals surface area (Å²) in [5.74, 6) is 0.890. The summed E-state index contributed by atoms with van der Waals surface area (Å²) >= 11 is 0. The van der Waals surface area contributed by atoms with Crippen molar-refractivity contribution in [1.82, 2.24) is 0 Å². The Bertz CT molecular complexity index is 430. The second-order valence-corrected chi connectivity index (χ2v) is 16.4. The molecule has 0 heterocycles. The maximum Gasteiger partial charge on any atom is 0.402 e. The number of hydrogen-bond acceptors (Lipinski definition) is 4. The van der Waals surface area contributed by atoms with Gasteiger partial charge in [-0.25, -0.2) is 0 Å². The molecule has 0 spiro atoms. The summed E-state index contributed by atoms with van der Waals surface area (Å²) in [7, 11) is -4.11. The molecule has 6 heteroatoms. The molecular formula is C21H45O4Si2. The van der Waals surface area contributed by atoms with Crippen molar-refractivity contribution in [3.8, 4) is 0 Å². The minimum atomic E-state index is -2.35. The SMILES string of the molecule is CCO[Si](OCC)C(C)(CC)C(=O)O[Si](CC(C)C)(CC(C)C)C(C)(C)C. The molecule has 0 bridgehead atoms. The van der Waals surface area contributed by atoms with Crippen LogP contribution in [0.2, 0.25) is 22.2 Å². The summed E-state index contributed by atoms with van der Waals surface area (Å²) in [6.07, 6.45) is 0.665. The molecule has 0 fully saturated rings. The maximum absolute atomic E-state index is 13.6. The predicted octanol–water partition coefficient (Wildman–Crippen LogP) is 6.32. The van der Waals surface area contributed by atoms with Crippen molar-refractivity contribution in [3.63, 3.8) is 0 Å². The molecule has 1 atom stereocenters. The number of hydrogen-bond donors (Lipinski definition) is 0. The van der Waals surface area contributed by atoms with Crippen LogP contribution in [0.3, 0.4) is 0 Å². The van der Waals surface area contributed by atoms with Gasteiger partial charge in [0.25, 0.3) is 14.3 Å². The third-order valence-corrected chi connectivity index (χ3v) is 14.1. The van der Waals surface area contributed by atoms with E-state index in [0.29, 0.717) is 31.5 Å². The zero-order valence-electron chi connectivity index (χ0n) is 19.8. The Morgan fingerprint density at radius 1 is 0.889 bits per heavy atom. The fourth-order valence-electron chi connectivity index (χ4n) is 3.54. The highest BCUT2D eigenvalue weighted by Gasteiger charge is 2.54. The lowest BCUT2D eigenvalue weighted by atomic mass is 10.1. The molecule has 161 valence electrons. The van der Waals surface area contributed by atoms with Crippen molar-refractivity contribution >= 4 is 23.6 Å². The largest absolute Gasteiger partial charge is 0.518 e. The van der Waals surface area contributed by atoms with E-state index in [1.54, 1.807) is 0 Å². The first-order chi connectivity index (χ1) is 12.3. The van der Waals surface area contributed by atoms with Crippen molar-refractivity contribution in [2.75, 3.05) is 13.2 Å². The fourth-order valence-corrected chi connectivity index (χ4v) is 10.5. The van der Waals surface area contributed by atoms with Crippen molar-refractivity contribution in [1.29, 1.82) is 0 Å². The molecule has 0 amide bonds. The van der Waals surface area contributed by atoms with Crippen molar-refractivity contribution < 1.29 is 18.1 Å². The van der Waals surface area contributed by atoms with Gasteiger partial charge in [-0.2, -0.15) is 0 Å². The van der Waals surface area contributed by atoms with Gasteiger partial charge in [-0.3, -0.25) is 4.79 Å². The highest BCUT2D eigenvalue weighted by atomic mass is 28.4. The minimum absolute atomic E-state index is 0.0179.